The van der Waals surface area contributed by atoms with Crippen LogP contribution in [0, 0.1) is 11.8 Å². The maximum Gasteiger partial charge on any atom is 0.322 e. The van der Waals surface area contributed by atoms with Gasteiger partial charge in [-0.3, -0.25) is 19.7 Å². The Morgan fingerprint density at radius 2 is 2.08 bits per heavy atom. The molecule has 0 spiro atoms. The van der Waals surface area contributed by atoms with Crippen LogP contribution in [0.4, 0.5) is 13.6 Å². The molecule has 0 saturated heterocycles. The smallest absolute Gasteiger partial charge is 0.322 e. The molecule has 0 saturated carbocycles. The van der Waals surface area contributed by atoms with Crippen LogP contribution in [0.25, 0.3) is 0 Å². The van der Waals surface area contributed by atoms with Gasteiger partial charge in [-0.15, -0.1) is 11.3 Å². The first-order valence-electron chi connectivity index (χ1n) is 10.8. The van der Waals surface area contributed by atoms with Crippen molar-refractivity contribution in [3.05, 3.63) is 51.2 Å². The van der Waals surface area contributed by atoms with Gasteiger partial charge in [-0.1, -0.05) is 17.9 Å². The number of amides is 5. The molecule has 1 aromatic heterocycles. The number of ether oxygens (including phenoxy) is 1. The van der Waals surface area contributed by atoms with Crippen molar-refractivity contribution < 1.29 is 32.7 Å². The van der Waals surface area contributed by atoms with Crippen molar-refractivity contribution in [2.45, 2.75) is 31.9 Å². The summed E-state index contributed by atoms with van der Waals surface area (Å²) in [5, 5.41) is 6.73. The van der Waals surface area contributed by atoms with Gasteiger partial charge in [-0.05, 0) is 36.2 Å². The van der Waals surface area contributed by atoms with Crippen molar-refractivity contribution >= 4 is 35.6 Å². The van der Waals surface area contributed by atoms with E-state index in [0.29, 0.717) is 36.1 Å². The molecule has 1 aromatic carbocycles. The van der Waals surface area contributed by atoms with Crippen molar-refractivity contribution in [2.24, 2.45) is 0 Å². The molecule has 5 amide bonds. The number of benzene rings is 1. The Bertz CT molecular complexity index is 1220. The van der Waals surface area contributed by atoms with Crippen LogP contribution in [-0.2, 0) is 22.6 Å². The number of hydrogen-bond donors (Lipinski definition) is 3. The highest BCUT2D eigenvalue weighted by molar-refractivity contribution is 7.12. The zero-order valence-electron chi connectivity index (χ0n) is 19.5. The van der Waals surface area contributed by atoms with E-state index in [0.717, 1.165) is 10.4 Å². The molecular weight excluding hydrogens is 494 g/mol. The summed E-state index contributed by atoms with van der Waals surface area (Å²) < 4.78 is 31.0. The lowest BCUT2D eigenvalue weighted by Crippen LogP contribution is -2.46. The van der Waals surface area contributed by atoms with E-state index in [1.165, 1.54) is 23.3 Å². The molecule has 1 aliphatic heterocycles. The Kier molecular flexibility index (Phi) is 8.60. The standard InChI is InChI=1S/C24H24F2N4O5S/c1-24(25,26)22(33)27-10-9-19-8-7-18(36-19)6-4-16(29-23(34)28-14-31)13-30-12-15-3-5-17(35-2)11-20(15)21(30)32/h3,5,7-8,11,14,16H,9-10,12-13H2,1-2H3,(H,27,33)(H2,28,29,31,34)/t16-/m1/s1. The van der Waals surface area contributed by atoms with Crippen molar-refractivity contribution in [1.82, 2.24) is 20.9 Å². The van der Waals surface area contributed by atoms with Gasteiger partial charge in [0.15, 0.2) is 0 Å². The maximum atomic E-state index is 12.9. The van der Waals surface area contributed by atoms with Gasteiger partial charge >= 0.3 is 12.0 Å². The number of urea groups is 1. The predicted molar refractivity (Wildman–Crippen MR) is 128 cm³/mol. The van der Waals surface area contributed by atoms with E-state index in [-0.39, 0.29) is 25.4 Å². The van der Waals surface area contributed by atoms with Crippen LogP contribution in [0.15, 0.2) is 30.3 Å². The summed E-state index contributed by atoms with van der Waals surface area (Å²) in [6.45, 7) is 0.990. The third-order valence-corrected chi connectivity index (χ3v) is 6.24. The second-order valence-corrected chi connectivity index (χ2v) is 9.09. The Labute approximate surface area is 210 Å². The van der Waals surface area contributed by atoms with Crippen LogP contribution in [0.3, 0.4) is 0 Å². The van der Waals surface area contributed by atoms with Gasteiger partial charge in [0.25, 0.3) is 11.8 Å². The lowest BCUT2D eigenvalue weighted by atomic mass is 10.1. The van der Waals surface area contributed by atoms with E-state index in [1.807, 2.05) is 5.32 Å². The lowest BCUT2D eigenvalue weighted by Gasteiger charge is -2.20. The van der Waals surface area contributed by atoms with Crippen LogP contribution in [0.2, 0.25) is 0 Å². The van der Waals surface area contributed by atoms with E-state index >= 15 is 0 Å². The average molecular weight is 519 g/mol. The fraction of sp³-hybridized carbons (Fsp3) is 0.333. The number of hydrogen-bond acceptors (Lipinski definition) is 6. The number of carbonyl (C=O) groups excluding carboxylic acids is 4. The van der Waals surface area contributed by atoms with Crippen LogP contribution >= 0.6 is 11.3 Å². The highest BCUT2D eigenvalue weighted by atomic mass is 32.1. The molecule has 3 rings (SSSR count). The molecule has 190 valence electrons. The zero-order valence-corrected chi connectivity index (χ0v) is 20.3. The molecule has 0 fully saturated rings. The Balaban J connectivity index is 1.67. The van der Waals surface area contributed by atoms with Gasteiger partial charge in [0, 0.05) is 30.5 Å². The summed E-state index contributed by atoms with van der Waals surface area (Å²) in [6, 6.07) is 7.16. The number of halogens is 2. The number of rotatable bonds is 9. The predicted octanol–water partition coefficient (Wildman–Crippen LogP) is 1.90. The quantitative estimate of drug-likeness (QED) is 0.346. The number of thiophene rings is 1. The van der Waals surface area contributed by atoms with E-state index < -0.39 is 23.9 Å². The molecule has 2 aromatic rings. The summed E-state index contributed by atoms with van der Waals surface area (Å²) >= 11 is 1.31. The lowest BCUT2D eigenvalue weighted by molar-refractivity contribution is -0.142. The number of alkyl halides is 2. The third kappa shape index (κ3) is 7.02. The van der Waals surface area contributed by atoms with Gasteiger partial charge in [-0.25, -0.2) is 4.79 Å². The van der Waals surface area contributed by atoms with Crippen molar-refractivity contribution in [3.8, 4) is 17.6 Å². The SMILES string of the molecule is COc1ccc2c(c1)C(=O)N(C[C@@H](C#Cc1ccc(CCNC(=O)C(C)(F)F)s1)NC(=O)NC=O)C2. The fourth-order valence-electron chi connectivity index (χ4n) is 3.41. The van der Waals surface area contributed by atoms with Crippen molar-refractivity contribution in [2.75, 3.05) is 20.2 Å². The first-order chi connectivity index (χ1) is 17.1. The molecule has 1 atom stereocenters. The molecular formula is C24H24F2N4O5S. The van der Waals surface area contributed by atoms with Crippen molar-refractivity contribution in [3.63, 3.8) is 0 Å². The Morgan fingerprint density at radius 1 is 1.31 bits per heavy atom. The van der Waals surface area contributed by atoms with Gasteiger partial charge in [0.2, 0.25) is 6.41 Å². The van der Waals surface area contributed by atoms with E-state index in [4.69, 9.17) is 4.74 Å². The minimum Gasteiger partial charge on any atom is -0.497 e. The second-order valence-electron chi connectivity index (χ2n) is 7.93. The van der Waals surface area contributed by atoms with E-state index in [1.54, 1.807) is 30.3 Å². The number of methoxy groups -OCH3 is 1. The molecule has 9 nitrogen and oxygen atoms in total. The largest absolute Gasteiger partial charge is 0.497 e. The average Bonchev–Trinajstić information content (AvgIpc) is 3.40. The normalized spacial score (nSPS) is 13.2. The number of carbonyl (C=O) groups is 4. The third-order valence-electron chi connectivity index (χ3n) is 5.18. The van der Waals surface area contributed by atoms with Gasteiger partial charge in [0.1, 0.15) is 11.8 Å². The molecule has 12 heteroatoms. The highest BCUT2D eigenvalue weighted by Crippen LogP contribution is 2.26. The number of nitrogens with zero attached hydrogens (tertiary/aromatic N) is 1. The Hall–Kier alpha value is -3.98. The van der Waals surface area contributed by atoms with Gasteiger partial charge in [-0.2, -0.15) is 8.78 Å². The fourth-order valence-corrected chi connectivity index (χ4v) is 4.28. The van der Waals surface area contributed by atoms with E-state index in [2.05, 4.69) is 22.5 Å². The molecule has 0 bridgehead atoms. The van der Waals surface area contributed by atoms with E-state index in [9.17, 15) is 28.0 Å². The molecule has 0 aliphatic carbocycles. The summed E-state index contributed by atoms with van der Waals surface area (Å²) in [7, 11) is 1.51. The van der Waals surface area contributed by atoms with Crippen LogP contribution < -0.4 is 20.7 Å². The number of fused-ring (bicyclic) bond motifs is 1. The van der Waals surface area contributed by atoms with Gasteiger partial charge < -0.3 is 20.3 Å². The maximum absolute atomic E-state index is 12.9. The van der Waals surface area contributed by atoms with Crippen LogP contribution in [0.5, 0.6) is 5.75 Å². The second kappa shape index (κ2) is 11.6. The topological polar surface area (TPSA) is 117 Å². The molecule has 3 N–H and O–H groups in total. The van der Waals surface area contributed by atoms with Gasteiger partial charge in [0.05, 0.1) is 18.5 Å². The molecule has 0 unspecified atom stereocenters. The minimum absolute atomic E-state index is 0.0497. The minimum atomic E-state index is -3.44. The molecule has 36 heavy (non-hydrogen) atoms. The number of nitrogens with one attached hydrogen (secondary N) is 3. The first-order valence-corrected chi connectivity index (χ1v) is 11.7. The number of imide groups is 1. The van der Waals surface area contributed by atoms with Crippen molar-refractivity contribution in [1.29, 1.82) is 0 Å². The zero-order chi connectivity index (χ0) is 26.3. The molecule has 2 heterocycles. The molecule has 0 radical (unpaired) electrons. The Morgan fingerprint density at radius 3 is 2.78 bits per heavy atom. The summed E-state index contributed by atoms with van der Waals surface area (Å²) in [6.07, 6.45) is 0.587. The highest BCUT2D eigenvalue weighted by Gasteiger charge is 2.31. The summed E-state index contributed by atoms with van der Waals surface area (Å²) in [5.74, 6) is 1.41. The molecule has 1 aliphatic rings. The van der Waals surface area contributed by atoms with Crippen LogP contribution in [-0.4, -0.2) is 61.3 Å². The first kappa shape index (κ1) is 26.6. The monoisotopic (exact) mass is 518 g/mol. The summed E-state index contributed by atoms with van der Waals surface area (Å²) in [4.78, 5) is 49.7. The summed E-state index contributed by atoms with van der Waals surface area (Å²) in [5.41, 5.74) is 1.33. The van der Waals surface area contributed by atoms with Crippen LogP contribution in [0.1, 0.15) is 32.6 Å².